The van der Waals surface area contributed by atoms with Gasteiger partial charge < -0.3 is 15.5 Å². The van der Waals surface area contributed by atoms with E-state index in [1.165, 1.54) is 11.3 Å². The van der Waals surface area contributed by atoms with Crippen LogP contribution in [0.4, 0.5) is 5.69 Å². The lowest BCUT2D eigenvalue weighted by Crippen LogP contribution is -2.49. The van der Waals surface area contributed by atoms with Crippen LogP contribution >= 0.6 is 0 Å². The molecule has 0 unspecified atom stereocenters. The lowest BCUT2D eigenvalue weighted by molar-refractivity contribution is 0.306. The average Bonchev–Trinajstić information content (AvgIpc) is 3.26. The molecule has 1 aromatic rings. The molecule has 0 radical (unpaired) electrons. The van der Waals surface area contributed by atoms with Gasteiger partial charge in [-0.2, -0.15) is 0 Å². The Bertz CT molecular complexity index is 821. The van der Waals surface area contributed by atoms with Gasteiger partial charge in [0.1, 0.15) is 0 Å². The highest BCUT2D eigenvalue weighted by Gasteiger charge is 2.27. The van der Waals surface area contributed by atoms with Gasteiger partial charge in [0, 0.05) is 51.5 Å². The number of aliphatic imine (C=N–C) groups is 1. The molecule has 0 amide bonds. The molecular formula is C21H33N5O2S. The summed E-state index contributed by atoms with van der Waals surface area (Å²) >= 11 is 0. The first-order valence-corrected chi connectivity index (χ1v) is 12.1. The van der Waals surface area contributed by atoms with E-state index in [1.807, 2.05) is 6.92 Å². The first-order chi connectivity index (χ1) is 14.0. The largest absolute Gasteiger partial charge is 0.364 e. The van der Waals surface area contributed by atoms with Crippen molar-refractivity contribution in [3.63, 3.8) is 0 Å². The highest BCUT2D eigenvalue weighted by atomic mass is 32.2. The Morgan fingerprint density at radius 1 is 1.21 bits per heavy atom. The molecule has 160 valence electrons. The van der Waals surface area contributed by atoms with Crippen molar-refractivity contribution in [1.29, 1.82) is 0 Å². The van der Waals surface area contributed by atoms with Crippen LogP contribution in [-0.4, -0.2) is 63.7 Å². The normalized spacial score (nSPS) is 19.0. The molecule has 0 aromatic heterocycles. The van der Waals surface area contributed by atoms with Gasteiger partial charge in [-0.1, -0.05) is 31.2 Å². The topological polar surface area (TPSA) is 77.0 Å². The molecule has 29 heavy (non-hydrogen) atoms. The van der Waals surface area contributed by atoms with Crippen LogP contribution in [0.3, 0.4) is 0 Å². The first kappa shape index (κ1) is 21.6. The number of benzene rings is 1. The zero-order valence-corrected chi connectivity index (χ0v) is 18.3. The first-order valence-electron chi connectivity index (χ1n) is 10.5. The molecule has 2 heterocycles. The third-order valence-electron chi connectivity index (χ3n) is 5.43. The van der Waals surface area contributed by atoms with E-state index >= 15 is 0 Å². The molecule has 7 nitrogen and oxygen atoms in total. The number of rotatable bonds is 7. The van der Waals surface area contributed by atoms with E-state index in [2.05, 4.69) is 56.9 Å². The van der Waals surface area contributed by atoms with Crippen molar-refractivity contribution < 1.29 is 8.42 Å². The summed E-state index contributed by atoms with van der Waals surface area (Å²) in [5, 5.41) is 6.83. The van der Waals surface area contributed by atoms with Crippen LogP contribution in [-0.2, 0) is 16.6 Å². The summed E-state index contributed by atoms with van der Waals surface area (Å²) in [4.78, 5) is 6.67. The standard InChI is InChI=1S/C21H33N5O2S/c1-3-15-29(27,28)26-13-9-19(10-14-26)24-21(22-2)23-17-18-7-6-8-20(16-18)25-11-4-5-12-25/h4-8,16,19H,3,9-15,17H2,1-2H3,(H2,22,23,24). The second-order valence-electron chi connectivity index (χ2n) is 7.61. The van der Waals surface area contributed by atoms with Crippen LogP contribution in [0.15, 0.2) is 41.4 Å². The van der Waals surface area contributed by atoms with E-state index in [0.29, 0.717) is 26.1 Å². The van der Waals surface area contributed by atoms with Crippen LogP contribution in [0.5, 0.6) is 0 Å². The number of anilines is 1. The van der Waals surface area contributed by atoms with Crippen molar-refractivity contribution in [1.82, 2.24) is 14.9 Å². The molecular weight excluding hydrogens is 386 g/mol. The van der Waals surface area contributed by atoms with Crippen molar-refractivity contribution in [2.45, 2.75) is 38.8 Å². The van der Waals surface area contributed by atoms with E-state index < -0.39 is 10.0 Å². The van der Waals surface area contributed by atoms with Crippen LogP contribution < -0.4 is 15.5 Å². The zero-order valence-electron chi connectivity index (χ0n) is 17.5. The molecule has 0 atom stereocenters. The van der Waals surface area contributed by atoms with Crippen LogP contribution in [0.1, 0.15) is 31.7 Å². The number of guanidine groups is 1. The minimum Gasteiger partial charge on any atom is -0.364 e. The molecule has 0 spiro atoms. The fraction of sp³-hybridized carbons (Fsp3) is 0.571. The maximum atomic E-state index is 12.2. The summed E-state index contributed by atoms with van der Waals surface area (Å²) < 4.78 is 26.1. The molecule has 1 aromatic carbocycles. The number of sulfonamides is 1. The smallest absolute Gasteiger partial charge is 0.214 e. The van der Waals surface area contributed by atoms with E-state index in [9.17, 15) is 8.42 Å². The number of hydrogen-bond acceptors (Lipinski definition) is 4. The second-order valence-corrected chi connectivity index (χ2v) is 9.69. The monoisotopic (exact) mass is 419 g/mol. The van der Waals surface area contributed by atoms with Crippen molar-refractivity contribution in [2.75, 3.05) is 43.9 Å². The Morgan fingerprint density at radius 3 is 2.59 bits per heavy atom. The highest BCUT2D eigenvalue weighted by Crippen LogP contribution is 2.18. The molecule has 2 aliphatic heterocycles. The quantitative estimate of drug-likeness (QED) is 0.401. The van der Waals surface area contributed by atoms with Crippen molar-refractivity contribution >= 4 is 21.7 Å². The van der Waals surface area contributed by atoms with Gasteiger partial charge in [0.05, 0.1) is 5.75 Å². The van der Waals surface area contributed by atoms with Crippen LogP contribution in [0.2, 0.25) is 0 Å². The van der Waals surface area contributed by atoms with Gasteiger partial charge in [-0.05, 0) is 37.0 Å². The SMILES string of the molecule is CCCS(=O)(=O)N1CCC(NC(=NC)NCc2cccc(N3CC=CC3)c2)CC1. The number of nitrogens with zero attached hydrogens (tertiary/aromatic N) is 3. The summed E-state index contributed by atoms with van der Waals surface area (Å²) in [5.41, 5.74) is 2.44. The Kier molecular flexibility index (Phi) is 7.55. The average molecular weight is 420 g/mol. The molecule has 0 saturated carbocycles. The third-order valence-corrected chi connectivity index (χ3v) is 7.50. The molecule has 0 aliphatic carbocycles. The molecule has 2 N–H and O–H groups in total. The van der Waals surface area contributed by atoms with Gasteiger partial charge in [0.15, 0.2) is 5.96 Å². The Labute approximate surface area is 174 Å². The van der Waals surface area contributed by atoms with Crippen molar-refractivity contribution in [3.8, 4) is 0 Å². The lowest BCUT2D eigenvalue weighted by atomic mass is 10.1. The van der Waals surface area contributed by atoms with E-state index in [0.717, 1.165) is 31.9 Å². The maximum absolute atomic E-state index is 12.2. The molecule has 3 rings (SSSR count). The second kappa shape index (κ2) is 10.1. The fourth-order valence-electron chi connectivity index (χ4n) is 3.79. The van der Waals surface area contributed by atoms with Crippen molar-refractivity contribution in [2.24, 2.45) is 4.99 Å². The summed E-state index contributed by atoms with van der Waals surface area (Å²) in [5.74, 6) is 0.994. The zero-order chi connectivity index (χ0) is 20.7. The predicted molar refractivity (Wildman–Crippen MR) is 120 cm³/mol. The number of hydrogen-bond donors (Lipinski definition) is 2. The van der Waals surface area contributed by atoms with Gasteiger partial charge in [0.2, 0.25) is 10.0 Å². The maximum Gasteiger partial charge on any atom is 0.214 e. The van der Waals surface area contributed by atoms with E-state index in [4.69, 9.17) is 0 Å². The predicted octanol–water partition coefficient (Wildman–Crippen LogP) is 1.93. The lowest BCUT2D eigenvalue weighted by Gasteiger charge is -2.32. The highest BCUT2D eigenvalue weighted by molar-refractivity contribution is 7.89. The van der Waals surface area contributed by atoms with Gasteiger partial charge in [-0.3, -0.25) is 4.99 Å². The molecule has 1 saturated heterocycles. The van der Waals surface area contributed by atoms with Crippen LogP contribution in [0, 0.1) is 0 Å². The van der Waals surface area contributed by atoms with Gasteiger partial charge in [0.25, 0.3) is 0 Å². The minimum atomic E-state index is -3.10. The summed E-state index contributed by atoms with van der Waals surface area (Å²) in [7, 11) is -1.33. The van der Waals surface area contributed by atoms with E-state index in [1.54, 1.807) is 11.4 Å². The number of piperidine rings is 1. The van der Waals surface area contributed by atoms with Gasteiger partial charge in [-0.15, -0.1) is 0 Å². The summed E-state index contributed by atoms with van der Waals surface area (Å²) in [6, 6.07) is 8.79. The Hall–Kier alpha value is -2.06. The minimum absolute atomic E-state index is 0.233. The fourth-order valence-corrected chi connectivity index (χ4v) is 5.33. The molecule has 8 heteroatoms. The molecule has 2 aliphatic rings. The molecule has 1 fully saturated rings. The van der Waals surface area contributed by atoms with Crippen molar-refractivity contribution in [3.05, 3.63) is 42.0 Å². The Balaban J connectivity index is 1.47. The van der Waals surface area contributed by atoms with Gasteiger partial charge >= 0.3 is 0 Å². The third kappa shape index (κ3) is 5.96. The summed E-state index contributed by atoms with van der Waals surface area (Å²) in [6.07, 6.45) is 6.62. The van der Waals surface area contributed by atoms with Gasteiger partial charge in [-0.25, -0.2) is 12.7 Å². The summed E-state index contributed by atoms with van der Waals surface area (Å²) in [6.45, 7) is 5.67. The van der Waals surface area contributed by atoms with Crippen LogP contribution in [0.25, 0.3) is 0 Å². The Morgan fingerprint density at radius 2 is 1.93 bits per heavy atom. The van der Waals surface area contributed by atoms with E-state index in [-0.39, 0.29) is 11.8 Å². The number of nitrogens with one attached hydrogen (secondary N) is 2. The molecule has 0 bridgehead atoms.